The van der Waals surface area contributed by atoms with E-state index in [0.717, 1.165) is 0 Å². The Morgan fingerprint density at radius 3 is 2.14 bits per heavy atom. The normalized spacial score (nSPS) is 11.0. The van der Waals surface area contributed by atoms with Crippen molar-refractivity contribution in [3.8, 4) is 12.3 Å². The van der Waals surface area contributed by atoms with Gasteiger partial charge >= 0.3 is 0 Å². The maximum Gasteiger partial charge on any atom is 0.0655 e. The number of terminal acetylenes is 1. The van der Waals surface area contributed by atoms with Crippen LogP contribution in [0.25, 0.3) is 0 Å². The molecule has 0 saturated carbocycles. The molecule has 0 fully saturated rings. The molecule has 0 aromatic rings. The Kier molecular flexibility index (Phi) is 8.25. The van der Waals surface area contributed by atoms with Crippen molar-refractivity contribution in [2.75, 3.05) is 7.05 Å². The summed E-state index contributed by atoms with van der Waals surface area (Å²) in [6.07, 6.45) is 4.97. The third-order valence-corrected chi connectivity index (χ3v) is 0.683. The Bertz CT molecular complexity index is 65.0. The Labute approximate surface area is 50.9 Å². The van der Waals surface area contributed by atoms with Crippen LogP contribution in [0.3, 0.4) is 0 Å². The molecule has 0 heterocycles. The van der Waals surface area contributed by atoms with Crippen molar-refractivity contribution in [1.82, 2.24) is 5.32 Å². The van der Waals surface area contributed by atoms with E-state index in [2.05, 4.69) is 11.2 Å². The van der Waals surface area contributed by atoms with E-state index in [4.69, 9.17) is 6.42 Å². The molecule has 1 nitrogen and oxygen atoms in total. The lowest BCUT2D eigenvalue weighted by Crippen LogP contribution is -2.17. The number of hydrogen-bond donors (Lipinski definition) is 1. The number of halogens is 1. The van der Waals surface area contributed by atoms with E-state index in [1.165, 1.54) is 0 Å². The standard InChI is InChI=1S/C5H9N.ClH/c1-4-5(2)6-3;/h1,5-6H,2-3H3;1H. The van der Waals surface area contributed by atoms with Crippen molar-refractivity contribution in [1.29, 1.82) is 0 Å². The van der Waals surface area contributed by atoms with Crippen molar-refractivity contribution in [3.63, 3.8) is 0 Å². The van der Waals surface area contributed by atoms with Crippen LogP contribution >= 0.6 is 12.4 Å². The van der Waals surface area contributed by atoms with Gasteiger partial charge in [-0.1, -0.05) is 5.92 Å². The van der Waals surface area contributed by atoms with Crippen molar-refractivity contribution in [2.24, 2.45) is 0 Å². The van der Waals surface area contributed by atoms with Gasteiger partial charge in [0, 0.05) is 0 Å². The van der Waals surface area contributed by atoms with Crippen LogP contribution < -0.4 is 5.32 Å². The molecular formula is C5H10ClN. The van der Waals surface area contributed by atoms with Gasteiger partial charge in [0.05, 0.1) is 6.04 Å². The highest BCUT2D eigenvalue weighted by Gasteiger charge is 1.82. The van der Waals surface area contributed by atoms with Gasteiger partial charge in [0.15, 0.2) is 0 Å². The first-order chi connectivity index (χ1) is 2.81. The highest BCUT2D eigenvalue weighted by molar-refractivity contribution is 5.85. The average molecular weight is 120 g/mol. The first-order valence-electron chi connectivity index (χ1n) is 1.94. The van der Waals surface area contributed by atoms with Gasteiger partial charge in [0.1, 0.15) is 0 Å². The summed E-state index contributed by atoms with van der Waals surface area (Å²) in [5.41, 5.74) is 0. The predicted molar refractivity (Wildman–Crippen MR) is 34.6 cm³/mol. The van der Waals surface area contributed by atoms with Crippen LogP contribution in [0, 0.1) is 12.3 Å². The minimum Gasteiger partial charge on any atom is -0.307 e. The van der Waals surface area contributed by atoms with Crippen LogP contribution in [-0.2, 0) is 0 Å². The quantitative estimate of drug-likeness (QED) is 0.500. The van der Waals surface area contributed by atoms with Gasteiger partial charge in [-0.3, -0.25) is 0 Å². The molecule has 0 rings (SSSR count). The highest BCUT2D eigenvalue weighted by atomic mass is 35.5. The van der Waals surface area contributed by atoms with Gasteiger partial charge in [0.2, 0.25) is 0 Å². The topological polar surface area (TPSA) is 12.0 Å². The van der Waals surface area contributed by atoms with E-state index in [0.29, 0.717) is 0 Å². The summed E-state index contributed by atoms with van der Waals surface area (Å²) in [4.78, 5) is 0. The molecule has 0 radical (unpaired) electrons. The van der Waals surface area contributed by atoms with Crippen LogP contribution in [0.5, 0.6) is 0 Å². The molecule has 42 valence electrons. The second-order valence-corrected chi connectivity index (χ2v) is 1.18. The van der Waals surface area contributed by atoms with Crippen LogP contribution in [0.1, 0.15) is 6.92 Å². The molecule has 0 aliphatic carbocycles. The molecular weight excluding hydrogens is 110 g/mol. The lowest BCUT2D eigenvalue weighted by atomic mass is 10.4. The molecule has 0 aliphatic heterocycles. The molecule has 2 heteroatoms. The van der Waals surface area contributed by atoms with E-state index in [9.17, 15) is 0 Å². The Balaban J connectivity index is 0. The minimum atomic E-state index is 0. The second kappa shape index (κ2) is 5.81. The fourth-order valence-corrected chi connectivity index (χ4v) is 0.0833. The molecule has 1 N–H and O–H groups in total. The molecule has 7 heavy (non-hydrogen) atoms. The van der Waals surface area contributed by atoms with Gasteiger partial charge in [-0.25, -0.2) is 0 Å². The summed E-state index contributed by atoms with van der Waals surface area (Å²) in [6, 6.07) is 0.213. The summed E-state index contributed by atoms with van der Waals surface area (Å²) in [6.45, 7) is 1.93. The molecule has 1 atom stereocenters. The summed E-state index contributed by atoms with van der Waals surface area (Å²) in [5.74, 6) is 2.50. The molecule has 0 saturated heterocycles. The van der Waals surface area contributed by atoms with Crippen molar-refractivity contribution < 1.29 is 0 Å². The fraction of sp³-hybridized carbons (Fsp3) is 0.600. The first-order valence-corrected chi connectivity index (χ1v) is 1.94. The Morgan fingerprint density at radius 1 is 1.71 bits per heavy atom. The molecule has 0 aromatic heterocycles. The second-order valence-electron chi connectivity index (χ2n) is 1.18. The summed E-state index contributed by atoms with van der Waals surface area (Å²) in [7, 11) is 1.84. The summed E-state index contributed by atoms with van der Waals surface area (Å²) in [5, 5.41) is 2.88. The van der Waals surface area contributed by atoms with Gasteiger partial charge < -0.3 is 5.32 Å². The number of rotatable bonds is 1. The maximum absolute atomic E-state index is 4.97. The van der Waals surface area contributed by atoms with Gasteiger partial charge in [-0.05, 0) is 14.0 Å². The summed E-state index contributed by atoms with van der Waals surface area (Å²) < 4.78 is 0. The molecule has 1 unspecified atom stereocenters. The number of hydrogen-bond acceptors (Lipinski definition) is 1. The summed E-state index contributed by atoms with van der Waals surface area (Å²) >= 11 is 0. The van der Waals surface area contributed by atoms with Gasteiger partial charge in [0.25, 0.3) is 0 Å². The van der Waals surface area contributed by atoms with Crippen LogP contribution in [-0.4, -0.2) is 13.1 Å². The zero-order valence-electron chi connectivity index (χ0n) is 4.56. The van der Waals surface area contributed by atoms with Crippen LogP contribution in [0.15, 0.2) is 0 Å². The monoisotopic (exact) mass is 119 g/mol. The maximum atomic E-state index is 4.97. The highest BCUT2D eigenvalue weighted by Crippen LogP contribution is 1.67. The molecule has 0 aliphatic rings. The van der Waals surface area contributed by atoms with E-state index < -0.39 is 0 Å². The fourth-order valence-electron chi connectivity index (χ4n) is 0.0833. The zero-order chi connectivity index (χ0) is 4.99. The van der Waals surface area contributed by atoms with Gasteiger partial charge in [-0.15, -0.1) is 18.8 Å². The van der Waals surface area contributed by atoms with Crippen molar-refractivity contribution >= 4 is 12.4 Å². The third-order valence-electron chi connectivity index (χ3n) is 0.683. The first kappa shape index (κ1) is 9.94. The van der Waals surface area contributed by atoms with E-state index in [1.807, 2.05) is 14.0 Å². The zero-order valence-corrected chi connectivity index (χ0v) is 5.38. The lowest BCUT2D eigenvalue weighted by Gasteiger charge is -1.95. The SMILES string of the molecule is C#CC(C)NC.Cl. The largest absolute Gasteiger partial charge is 0.307 e. The molecule has 0 aromatic carbocycles. The van der Waals surface area contributed by atoms with E-state index in [-0.39, 0.29) is 18.4 Å². The molecule has 0 amide bonds. The molecule has 0 bridgehead atoms. The van der Waals surface area contributed by atoms with Crippen molar-refractivity contribution in [2.45, 2.75) is 13.0 Å². The third kappa shape index (κ3) is 5.81. The predicted octanol–water partition coefficient (Wildman–Crippen LogP) is 0.649. The van der Waals surface area contributed by atoms with E-state index >= 15 is 0 Å². The Hall–Kier alpha value is -0.190. The van der Waals surface area contributed by atoms with Gasteiger partial charge in [-0.2, -0.15) is 0 Å². The average Bonchev–Trinajstić information content (AvgIpc) is 1.65. The number of nitrogens with one attached hydrogen (secondary N) is 1. The van der Waals surface area contributed by atoms with E-state index in [1.54, 1.807) is 0 Å². The molecule has 0 spiro atoms. The van der Waals surface area contributed by atoms with Crippen LogP contribution in [0.4, 0.5) is 0 Å². The lowest BCUT2D eigenvalue weighted by molar-refractivity contribution is 0.750. The minimum absolute atomic E-state index is 0. The Morgan fingerprint density at radius 2 is 2.14 bits per heavy atom. The van der Waals surface area contributed by atoms with Crippen LogP contribution in [0.2, 0.25) is 0 Å². The smallest absolute Gasteiger partial charge is 0.0655 e. The van der Waals surface area contributed by atoms with Crippen molar-refractivity contribution in [3.05, 3.63) is 0 Å².